The Hall–Kier alpha value is -1.81. The number of hydrogen-bond acceptors (Lipinski definition) is 2. The van der Waals surface area contributed by atoms with E-state index in [1.165, 1.54) is 19.1 Å². The van der Waals surface area contributed by atoms with Crippen LogP contribution in [0.2, 0.25) is 0 Å². The molecular formula is C15H14FNOS. The Morgan fingerprint density at radius 1 is 1.11 bits per heavy atom. The van der Waals surface area contributed by atoms with Gasteiger partial charge in [-0.1, -0.05) is 18.2 Å². The maximum atomic E-state index is 12.9. The van der Waals surface area contributed by atoms with Gasteiger partial charge in [-0.2, -0.15) is 0 Å². The lowest BCUT2D eigenvalue weighted by Crippen LogP contribution is -2.06. The molecule has 2 aromatic rings. The zero-order chi connectivity index (χ0) is 13.8. The molecule has 1 N–H and O–H groups in total. The third kappa shape index (κ3) is 3.35. The van der Waals surface area contributed by atoms with Crippen molar-refractivity contribution >= 4 is 23.4 Å². The first kappa shape index (κ1) is 13.6. The molecule has 1 amide bonds. The van der Waals surface area contributed by atoms with Gasteiger partial charge in [-0.3, -0.25) is 4.79 Å². The minimum absolute atomic E-state index is 0.0927. The maximum absolute atomic E-state index is 12.9. The summed E-state index contributed by atoms with van der Waals surface area (Å²) in [6.07, 6.45) is 1.95. The van der Waals surface area contributed by atoms with Crippen molar-refractivity contribution in [2.75, 3.05) is 11.6 Å². The summed E-state index contributed by atoms with van der Waals surface area (Å²) < 4.78 is 12.9. The van der Waals surface area contributed by atoms with E-state index in [-0.39, 0.29) is 11.7 Å². The SMILES string of the molecule is CSc1cc(-c2ccc(F)cc2)ccc1NC(C)=O. The van der Waals surface area contributed by atoms with Gasteiger partial charge in [0.1, 0.15) is 5.82 Å². The van der Waals surface area contributed by atoms with Gasteiger partial charge in [-0.25, -0.2) is 4.39 Å². The maximum Gasteiger partial charge on any atom is 0.221 e. The number of carbonyl (C=O) groups excluding carboxylic acids is 1. The molecule has 0 aliphatic rings. The molecule has 98 valence electrons. The predicted molar refractivity (Wildman–Crippen MR) is 77.9 cm³/mol. The Labute approximate surface area is 116 Å². The molecule has 0 unspecified atom stereocenters. The van der Waals surface area contributed by atoms with Crippen molar-refractivity contribution in [1.82, 2.24) is 0 Å². The van der Waals surface area contributed by atoms with Crippen molar-refractivity contribution in [3.63, 3.8) is 0 Å². The lowest BCUT2D eigenvalue weighted by Gasteiger charge is -2.10. The lowest BCUT2D eigenvalue weighted by molar-refractivity contribution is -0.114. The monoisotopic (exact) mass is 275 g/mol. The Bertz CT molecular complexity index is 596. The Kier molecular flexibility index (Phi) is 4.22. The first-order chi connectivity index (χ1) is 9.10. The Morgan fingerprint density at radius 2 is 1.74 bits per heavy atom. The van der Waals surface area contributed by atoms with Crippen molar-refractivity contribution < 1.29 is 9.18 Å². The average Bonchev–Trinajstić information content (AvgIpc) is 2.39. The summed E-state index contributed by atoms with van der Waals surface area (Å²) in [6.45, 7) is 1.48. The van der Waals surface area contributed by atoms with E-state index in [1.54, 1.807) is 23.9 Å². The molecular weight excluding hydrogens is 261 g/mol. The number of thioether (sulfide) groups is 1. The molecule has 2 aromatic carbocycles. The fourth-order valence-electron chi connectivity index (χ4n) is 1.81. The van der Waals surface area contributed by atoms with Crippen LogP contribution in [-0.2, 0) is 4.79 Å². The van der Waals surface area contributed by atoms with Crippen molar-refractivity contribution in [2.24, 2.45) is 0 Å². The molecule has 0 fully saturated rings. The summed E-state index contributed by atoms with van der Waals surface area (Å²) in [7, 11) is 0. The Morgan fingerprint density at radius 3 is 2.32 bits per heavy atom. The molecule has 0 saturated carbocycles. The van der Waals surface area contributed by atoms with Crippen molar-refractivity contribution in [2.45, 2.75) is 11.8 Å². The molecule has 0 spiro atoms. The van der Waals surface area contributed by atoms with E-state index in [0.717, 1.165) is 21.7 Å². The lowest BCUT2D eigenvalue weighted by atomic mass is 10.1. The minimum Gasteiger partial charge on any atom is -0.325 e. The highest BCUT2D eigenvalue weighted by atomic mass is 32.2. The third-order valence-electron chi connectivity index (χ3n) is 2.69. The van der Waals surface area contributed by atoms with Gasteiger partial charge < -0.3 is 5.32 Å². The van der Waals surface area contributed by atoms with Crippen molar-refractivity contribution in [1.29, 1.82) is 0 Å². The summed E-state index contributed by atoms with van der Waals surface area (Å²) in [4.78, 5) is 12.1. The highest BCUT2D eigenvalue weighted by Gasteiger charge is 2.06. The van der Waals surface area contributed by atoms with Gasteiger partial charge in [0, 0.05) is 11.8 Å². The molecule has 0 heterocycles. The van der Waals surface area contributed by atoms with Gasteiger partial charge in [0.25, 0.3) is 0 Å². The number of halogens is 1. The summed E-state index contributed by atoms with van der Waals surface area (Å²) in [5.41, 5.74) is 2.75. The molecule has 0 atom stereocenters. The van der Waals surface area contributed by atoms with Gasteiger partial charge in [-0.05, 0) is 41.6 Å². The first-order valence-corrected chi connectivity index (χ1v) is 7.04. The smallest absolute Gasteiger partial charge is 0.221 e. The second kappa shape index (κ2) is 5.89. The molecule has 4 heteroatoms. The van der Waals surface area contributed by atoms with E-state index in [0.29, 0.717) is 0 Å². The molecule has 0 aromatic heterocycles. The summed E-state index contributed by atoms with van der Waals surface area (Å²) in [6, 6.07) is 12.1. The number of hydrogen-bond donors (Lipinski definition) is 1. The normalized spacial score (nSPS) is 10.3. The molecule has 0 bridgehead atoms. The van der Waals surface area contributed by atoms with Crippen LogP contribution in [-0.4, -0.2) is 12.2 Å². The van der Waals surface area contributed by atoms with E-state index in [1.807, 2.05) is 24.5 Å². The van der Waals surface area contributed by atoms with Crippen molar-refractivity contribution in [3.8, 4) is 11.1 Å². The van der Waals surface area contributed by atoms with Gasteiger partial charge in [0.15, 0.2) is 0 Å². The van der Waals surface area contributed by atoms with Crippen LogP contribution in [0, 0.1) is 5.82 Å². The highest BCUT2D eigenvalue weighted by molar-refractivity contribution is 7.98. The van der Waals surface area contributed by atoms with E-state index < -0.39 is 0 Å². The summed E-state index contributed by atoms with van der Waals surface area (Å²) in [5.74, 6) is -0.339. The summed E-state index contributed by atoms with van der Waals surface area (Å²) >= 11 is 1.56. The van der Waals surface area contributed by atoms with Crippen LogP contribution in [0.25, 0.3) is 11.1 Å². The largest absolute Gasteiger partial charge is 0.325 e. The van der Waals surface area contributed by atoms with Crippen LogP contribution < -0.4 is 5.32 Å². The zero-order valence-corrected chi connectivity index (χ0v) is 11.6. The topological polar surface area (TPSA) is 29.1 Å². The fraction of sp³-hybridized carbons (Fsp3) is 0.133. The quantitative estimate of drug-likeness (QED) is 0.852. The zero-order valence-electron chi connectivity index (χ0n) is 10.7. The number of amides is 1. The second-order valence-electron chi connectivity index (χ2n) is 4.10. The Balaban J connectivity index is 2.38. The van der Waals surface area contributed by atoms with E-state index in [2.05, 4.69) is 5.32 Å². The van der Waals surface area contributed by atoms with Gasteiger partial charge in [0.2, 0.25) is 5.91 Å². The number of anilines is 1. The summed E-state index contributed by atoms with van der Waals surface area (Å²) in [5, 5.41) is 2.79. The number of rotatable bonds is 3. The highest BCUT2D eigenvalue weighted by Crippen LogP contribution is 2.31. The van der Waals surface area contributed by atoms with Crippen LogP contribution in [0.15, 0.2) is 47.4 Å². The molecule has 19 heavy (non-hydrogen) atoms. The van der Waals surface area contributed by atoms with Gasteiger partial charge in [-0.15, -0.1) is 11.8 Å². The molecule has 0 aliphatic carbocycles. The molecule has 2 nitrogen and oxygen atoms in total. The average molecular weight is 275 g/mol. The number of nitrogens with one attached hydrogen (secondary N) is 1. The van der Waals surface area contributed by atoms with Crippen molar-refractivity contribution in [3.05, 3.63) is 48.3 Å². The first-order valence-electron chi connectivity index (χ1n) is 5.81. The fourth-order valence-corrected chi connectivity index (χ4v) is 2.39. The molecule has 2 rings (SSSR count). The third-order valence-corrected chi connectivity index (χ3v) is 3.47. The predicted octanol–water partition coefficient (Wildman–Crippen LogP) is 4.17. The number of carbonyl (C=O) groups is 1. The van der Waals surface area contributed by atoms with E-state index in [4.69, 9.17) is 0 Å². The van der Waals surface area contributed by atoms with E-state index >= 15 is 0 Å². The van der Waals surface area contributed by atoms with Gasteiger partial charge >= 0.3 is 0 Å². The number of benzene rings is 2. The van der Waals surface area contributed by atoms with Crippen LogP contribution in [0.3, 0.4) is 0 Å². The van der Waals surface area contributed by atoms with Crippen LogP contribution in [0.4, 0.5) is 10.1 Å². The standard InChI is InChI=1S/C15H14FNOS/c1-10(18)17-14-8-5-12(9-15(14)19-2)11-3-6-13(16)7-4-11/h3-9H,1-2H3,(H,17,18). The second-order valence-corrected chi connectivity index (χ2v) is 4.95. The molecule has 0 saturated heterocycles. The van der Waals surface area contributed by atoms with Gasteiger partial charge in [0.05, 0.1) is 5.69 Å². The van der Waals surface area contributed by atoms with E-state index in [9.17, 15) is 9.18 Å². The van der Waals surface area contributed by atoms with Crippen LogP contribution in [0.5, 0.6) is 0 Å². The minimum atomic E-state index is -0.247. The van der Waals surface area contributed by atoms with Crippen LogP contribution >= 0.6 is 11.8 Å². The molecule has 0 radical (unpaired) electrons. The molecule has 0 aliphatic heterocycles. The van der Waals surface area contributed by atoms with Crippen LogP contribution in [0.1, 0.15) is 6.92 Å².